The summed E-state index contributed by atoms with van der Waals surface area (Å²) >= 11 is 0. The molecule has 9 heteroatoms. The predicted molar refractivity (Wildman–Crippen MR) is 142 cm³/mol. The second-order valence-electron chi connectivity index (χ2n) is 8.73. The summed E-state index contributed by atoms with van der Waals surface area (Å²) in [6, 6.07) is 27.8. The maximum absolute atomic E-state index is 15.9. The highest BCUT2D eigenvalue weighted by Crippen LogP contribution is 2.58. The number of aryl methyl sites for hydroxylation is 1. The molecule has 0 atom stereocenters. The van der Waals surface area contributed by atoms with Crippen molar-refractivity contribution < 1.29 is 30.9 Å². The minimum Gasteiger partial charge on any atom is -0.458 e. The molecule has 198 valence electrons. The van der Waals surface area contributed by atoms with Gasteiger partial charge in [-0.2, -0.15) is 8.78 Å². The summed E-state index contributed by atoms with van der Waals surface area (Å²) in [5.74, 6) is -1.04. The fourth-order valence-electron chi connectivity index (χ4n) is 4.19. The monoisotopic (exact) mass is 556 g/mol. The van der Waals surface area contributed by atoms with Crippen molar-refractivity contribution >= 4 is 22.9 Å². The zero-order valence-electron chi connectivity index (χ0n) is 20.5. The molecule has 0 aliphatic heterocycles. The van der Waals surface area contributed by atoms with Crippen LogP contribution in [0.3, 0.4) is 0 Å². The number of halogens is 2. The smallest absolute Gasteiger partial charge is 0.389 e. The van der Waals surface area contributed by atoms with Crippen LogP contribution in [0.4, 0.5) is 8.78 Å². The number of rotatable bonds is 9. The summed E-state index contributed by atoms with van der Waals surface area (Å²) in [5, 5.41) is -4.71. The van der Waals surface area contributed by atoms with Crippen molar-refractivity contribution in [1.82, 2.24) is 0 Å². The van der Waals surface area contributed by atoms with E-state index in [4.69, 9.17) is 4.74 Å². The van der Waals surface area contributed by atoms with Crippen LogP contribution in [0.15, 0.2) is 130 Å². The van der Waals surface area contributed by atoms with Gasteiger partial charge in [0, 0.05) is 14.7 Å². The maximum atomic E-state index is 15.9. The van der Waals surface area contributed by atoms with Gasteiger partial charge in [0.05, 0.1) is 14.5 Å². The van der Waals surface area contributed by atoms with E-state index >= 15 is 13.0 Å². The molecule has 0 unspecified atom stereocenters. The van der Waals surface area contributed by atoms with Crippen LogP contribution < -0.4 is 0 Å². The first-order valence-electron chi connectivity index (χ1n) is 11.7. The Bertz CT molecular complexity index is 1540. The molecule has 0 saturated carbocycles. The normalized spacial score (nSPS) is 13.3. The molecular formula is C29H26F2O5S2. The zero-order chi connectivity index (χ0) is 27.5. The summed E-state index contributed by atoms with van der Waals surface area (Å²) in [6.07, 6.45) is -0.328. The summed E-state index contributed by atoms with van der Waals surface area (Å²) in [6.45, 7) is -0.0531. The van der Waals surface area contributed by atoms with E-state index in [-0.39, 0.29) is 21.1 Å². The summed E-state index contributed by atoms with van der Waals surface area (Å²) in [4.78, 5) is 11.4. The van der Waals surface area contributed by atoms with Crippen molar-refractivity contribution in [3.63, 3.8) is 0 Å². The van der Waals surface area contributed by atoms with Crippen LogP contribution in [0.1, 0.15) is 11.1 Å². The maximum Gasteiger partial charge on any atom is 0.389 e. The number of hydrogen-bond donors (Lipinski definition) is 0. The molecule has 0 aliphatic rings. The highest BCUT2D eigenvalue weighted by Gasteiger charge is 2.66. The van der Waals surface area contributed by atoms with Crippen molar-refractivity contribution in [3.05, 3.63) is 126 Å². The van der Waals surface area contributed by atoms with Gasteiger partial charge in [0.15, 0.2) is 6.61 Å². The lowest BCUT2D eigenvalue weighted by molar-refractivity contribution is -0.148. The zero-order valence-corrected chi connectivity index (χ0v) is 22.1. The van der Waals surface area contributed by atoms with E-state index in [1.165, 1.54) is 72.8 Å². The number of esters is 1. The Morgan fingerprint density at radius 2 is 1.16 bits per heavy atom. The fraction of sp³-hybridized carbons (Fsp3) is 0.138. The molecule has 0 aliphatic carbocycles. The van der Waals surface area contributed by atoms with E-state index in [9.17, 15) is 13.2 Å². The van der Waals surface area contributed by atoms with Crippen molar-refractivity contribution in [2.45, 2.75) is 33.3 Å². The van der Waals surface area contributed by atoms with Crippen molar-refractivity contribution in [2.75, 3.05) is 6.61 Å². The second-order valence-corrected chi connectivity index (χ2v) is 16.6. The average molecular weight is 557 g/mol. The lowest BCUT2D eigenvalue weighted by atomic mass is 10.2. The molecule has 0 amide bonds. The Balaban J connectivity index is 1.91. The standard InChI is InChI=1S/C29H26F2O5S2/c1-23-17-19-27(20-18-23)38(35,25-13-7-3-8-14-25,26-15-9-4-10-16-26)37(33,34)29(30,31)22-36-28(32)21-24-11-5-2-6-12-24/h2-20H,21-22H2,1H3. The largest absolute Gasteiger partial charge is 0.458 e. The van der Waals surface area contributed by atoms with Gasteiger partial charge in [-0.15, -0.1) is 0 Å². The van der Waals surface area contributed by atoms with Crippen LogP contribution in [0.25, 0.3) is 0 Å². The fourth-order valence-corrected chi connectivity index (χ4v) is 13.2. The number of benzene rings is 4. The van der Waals surface area contributed by atoms with Crippen LogP contribution in [-0.2, 0) is 32.9 Å². The van der Waals surface area contributed by atoms with Crippen molar-refractivity contribution in [2.24, 2.45) is 0 Å². The van der Waals surface area contributed by atoms with E-state index in [1.807, 2.05) is 0 Å². The number of carbonyl (C=O) groups is 1. The van der Waals surface area contributed by atoms with Crippen LogP contribution >= 0.6 is 0 Å². The molecular weight excluding hydrogens is 530 g/mol. The highest BCUT2D eigenvalue weighted by atomic mass is 33.2. The third-order valence-electron chi connectivity index (χ3n) is 6.17. The Kier molecular flexibility index (Phi) is 7.36. The number of ether oxygens (including phenoxy) is 1. The molecule has 0 spiro atoms. The van der Waals surface area contributed by atoms with Gasteiger partial charge >= 0.3 is 11.2 Å². The van der Waals surface area contributed by atoms with Crippen molar-refractivity contribution in [3.8, 4) is 0 Å². The van der Waals surface area contributed by atoms with Crippen LogP contribution in [0, 0.1) is 6.92 Å². The molecule has 0 heterocycles. The molecule has 38 heavy (non-hydrogen) atoms. The molecule has 0 fully saturated rings. The Labute approximate surface area is 219 Å². The second kappa shape index (κ2) is 10.2. The number of alkyl halides is 2. The van der Waals surface area contributed by atoms with E-state index in [0.717, 1.165) is 5.56 Å². The van der Waals surface area contributed by atoms with Gasteiger partial charge in [-0.25, -0.2) is 8.42 Å². The SMILES string of the molecule is Cc1ccc(S(=O)(c2ccccc2)(c2ccccc2)S(=O)(=O)C(F)(F)COC(=O)Cc2ccccc2)cc1. The summed E-state index contributed by atoms with van der Waals surface area (Å²) < 4.78 is 80.8. The molecule has 4 aromatic carbocycles. The Hall–Kier alpha value is -3.69. The van der Waals surface area contributed by atoms with E-state index in [1.54, 1.807) is 49.4 Å². The quantitative estimate of drug-likeness (QED) is 0.187. The minimum atomic E-state index is -5.96. The van der Waals surface area contributed by atoms with Gasteiger partial charge in [0.2, 0.25) is 0 Å². The molecule has 4 rings (SSSR count). The third-order valence-corrected chi connectivity index (χ3v) is 16.2. The van der Waals surface area contributed by atoms with Crippen LogP contribution in [0.2, 0.25) is 0 Å². The first-order chi connectivity index (χ1) is 18.0. The van der Waals surface area contributed by atoms with Crippen LogP contribution in [0.5, 0.6) is 0 Å². The minimum absolute atomic E-state index is 0.305. The molecule has 4 aromatic rings. The lowest BCUT2D eigenvalue weighted by Crippen LogP contribution is -2.52. The first-order valence-corrected chi connectivity index (χ1v) is 15.6. The summed E-state index contributed by atoms with van der Waals surface area (Å²) in [7, 11) is -11.8. The highest BCUT2D eigenvalue weighted by molar-refractivity contribution is 8.81. The third kappa shape index (κ3) is 4.35. The Morgan fingerprint density at radius 3 is 1.63 bits per heavy atom. The Morgan fingerprint density at radius 1 is 0.737 bits per heavy atom. The molecule has 0 radical (unpaired) electrons. The van der Waals surface area contributed by atoms with Gasteiger partial charge in [-0.1, -0.05) is 84.4 Å². The van der Waals surface area contributed by atoms with Gasteiger partial charge in [0.1, 0.15) is 0 Å². The van der Waals surface area contributed by atoms with Gasteiger partial charge in [0.25, 0.3) is 8.87 Å². The first kappa shape index (κ1) is 27.3. The topological polar surface area (TPSA) is 77.5 Å². The molecule has 5 nitrogen and oxygen atoms in total. The molecule has 0 bridgehead atoms. The molecule has 0 saturated heterocycles. The lowest BCUT2D eigenvalue weighted by Gasteiger charge is -2.44. The number of carbonyl (C=O) groups excluding carboxylic acids is 1. The van der Waals surface area contributed by atoms with E-state index < -0.39 is 34.8 Å². The van der Waals surface area contributed by atoms with Gasteiger partial charge in [-0.05, 0) is 48.9 Å². The molecule has 0 aromatic heterocycles. The predicted octanol–water partition coefficient (Wildman–Crippen LogP) is 6.00. The van der Waals surface area contributed by atoms with E-state index in [2.05, 4.69) is 0 Å². The summed E-state index contributed by atoms with van der Waals surface area (Å²) in [5.41, 5.74) is 1.23. The average Bonchev–Trinajstić information content (AvgIpc) is 2.93. The van der Waals surface area contributed by atoms with Crippen molar-refractivity contribution in [1.29, 1.82) is 0 Å². The van der Waals surface area contributed by atoms with Gasteiger partial charge in [-0.3, -0.25) is 9.00 Å². The molecule has 0 N–H and O–H groups in total. The van der Waals surface area contributed by atoms with Gasteiger partial charge < -0.3 is 4.74 Å². The van der Waals surface area contributed by atoms with E-state index in [0.29, 0.717) is 5.56 Å². The number of hydrogen-bond acceptors (Lipinski definition) is 5. The van der Waals surface area contributed by atoms with Crippen LogP contribution in [-0.4, -0.2) is 30.5 Å².